The van der Waals surface area contributed by atoms with Crippen LogP contribution in [0.5, 0.6) is 23.0 Å². The van der Waals surface area contributed by atoms with Gasteiger partial charge in [-0.2, -0.15) is 0 Å². The minimum atomic E-state index is -4.48. The van der Waals surface area contributed by atoms with E-state index in [1.54, 1.807) is 48.5 Å². The number of hydrogen-bond acceptors (Lipinski definition) is 12. The quantitative estimate of drug-likeness (QED) is 0.0173. The van der Waals surface area contributed by atoms with Crippen molar-refractivity contribution in [2.75, 3.05) is 66.4 Å². The SMILES string of the molecule is CCCCN(CCCC)c1ccc(OP(=O)(O)O)cc1.CCCCN(CCCC)c1ccc(OP(C)(=O)O)cc1.CCCCNc1ccc(OP(=O)(O)O)cc1.CCCCNc1ccc(OP(=O)(O)O)cc1. The van der Waals surface area contributed by atoms with Crippen LogP contribution in [0.4, 0.5) is 22.7 Å². The van der Waals surface area contributed by atoms with Crippen molar-refractivity contribution >= 4 is 53.8 Å². The molecule has 1 atom stereocenters. The van der Waals surface area contributed by atoms with Gasteiger partial charge in [0, 0.05) is 68.7 Å². The maximum atomic E-state index is 11.2. The molecule has 0 saturated carbocycles. The highest BCUT2D eigenvalue weighted by atomic mass is 31.2. The van der Waals surface area contributed by atoms with E-state index in [1.165, 1.54) is 56.6 Å². The van der Waals surface area contributed by atoms with Gasteiger partial charge in [-0.05, 0) is 136 Å². The molecule has 0 saturated heterocycles. The van der Waals surface area contributed by atoms with Crippen LogP contribution in [-0.2, 0) is 18.3 Å². The summed E-state index contributed by atoms with van der Waals surface area (Å²) in [7, 11) is -16.8. The van der Waals surface area contributed by atoms with Gasteiger partial charge in [0.15, 0.2) is 0 Å². The van der Waals surface area contributed by atoms with Crippen LogP contribution in [0, 0.1) is 0 Å². The zero-order chi connectivity index (χ0) is 54.1. The van der Waals surface area contributed by atoms with Crippen molar-refractivity contribution in [3.63, 3.8) is 0 Å². The summed E-state index contributed by atoms with van der Waals surface area (Å²) >= 11 is 0. The fraction of sp³-hybridized carbons (Fsp3) is 0.510. The van der Waals surface area contributed by atoms with Gasteiger partial charge in [-0.25, -0.2) is 18.3 Å². The molecule has 0 radical (unpaired) electrons. The van der Waals surface area contributed by atoms with E-state index < -0.39 is 31.1 Å². The number of phosphoric ester groups is 3. The summed E-state index contributed by atoms with van der Waals surface area (Å²) < 4.78 is 61.5. The minimum absolute atomic E-state index is 0.161. The molecular formula is C49H82N4O15P4. The predicted octanol–water partition coefficient (Wildman–Crippen LogP) is 12.6. The maximum Gasteiger partial charge on any atom is 0.524 e. The Balaban J connectivity index is 0.000000483. The molecule has 0 aromatic heterocycles. The molecule has 0 heterocycles. The Labute approximate surface area is 427 Å². The van der Waals surface area contributed by atoms with Crippen LogP contribution in [0.25, 0.3) is 0 Å². The number of anilines is 4. The Kier molecular flexibility index (Phi) is 32.9. The van der Waals surface area contributed by atoms with Crippen molar-refractivity contribution in [3.05, 3.63) is 97.1 Å². The second-order valence-electron chi connectivity index (χ2n) is 16.6. The van der Waals surface area contributed by atoms with Gasteiger partial charge < -0.3 is 43.4 Å². The molecule has 23 heteroatoms. The van der Waals surface area contributed by atoms with Crippen LogP contribution in [0.2, 0.25) is 0 Å². The van der Waals surface area contributed by atoms with Gasteiger partial charge in [-0.3, -0.25) is 29.4 Å². The van der Waals surface area contributed by atoms with Crippen LogP contribution < -0.4 is 38.5 Å². The molecule has 72 heavy (non-hydrogen) atoms. The van der Waals surface area contributed by atoms with Gasteiger partial charge in [-0.15, -0.1) is 0 Å². The van der Waals surface area contributed by atoms with E-state index in [9.17, 15) is 23.2 Å². The molecule has 1 unspecified atom stereocenters. The third kappa shape index (κ3) is 34.4. The number of nitrogens with one attached hydrogen (secondary N) is 2. The van der Waals surface area contributed by atoms with Gasteiger partial charge in [0.2, 0.25) is 0 Å². The molecule has 0 bridgehead atoms. The molecule has 0 aliphatic carbocycles. The lowest BCUT2D eigenvalue weighted by atomic mass is 10.2. The first-order valence-electron chi connectivity index (χ1n) is 24.6. The Bertz CT molecular complexity index is 2030. The normalized spacial score (nSPS) is 12.0. The Morgan fingerprint density at radius 3 is 0.833 bits per heavy atom. The molecule has 408 valence electrons. The van der Waals surface area contributed by atoms with Crippen molar-refractivity contribution < 1.29 is 70.6 Å². The third-order valence-corrected chi connectivity index (χ3v) is 11.8. The lowest BCUT2D eigenvalue weighted by Gasteiger charge is -2.25. The van der Waals surface area contributed by atoms with Crippen LogP contribution in [0.1, 0.15) is 119 Å². The number of nitrogens with zero attached hydrogens (tertiary/aromatic N) is 2. The lowest BCUT2D eigenvalue weighted by molar-refractivity contribution is 0.281. The summed E-state index contributed by atoms with van der Waals surface area (Å²) in [6.07, 6.45) is 13.6. The van der Waals surface area contributed by atoms with E-state index >= 15 is 0 Å². The molecule has 4 rings (SSSR count). The van der Waals surface area contributed by atoms with Crippen LogP contribution >= 0.6 is 31.1 Å². The Hall–Kier alpha value is -4.08. The van der Waals surface area contributed by atoms with Crippen LogP contribution in [-0.4, -0.2) is 80.2 Å². The number of phosphoric acid groups is 3. The second-order valence-corrected chi connectivity index (χ2v) is 21.9. The van der Waals surface area contributed by atoms with Gasteiger partial charge in [0.05, 0.1) is 0 Å². The number of benzene rings is 4. The number of unbranched alkanes of at least 4 members (excludes halogenated alkanes) is 6. The fourth-order valence-corrected chi connectivity index (χ4v) is 7.97. The largest absolute Gasteiger partial charge is 0.524 e. The summed E-state index contributed by atoms with van der Waals surface area (Å²) in [6, 6.07) is 27.3. The first kappa shape index (κ1) is 65.9. The zero-order valence-electron chi connectivity index (χ0n) is 43.0. The summed E-state index contributed by atoms with van der Waals surface area (Å²) in [6.45, 7) is 20.0. The summed E-state index contributed by atoms with van der Waals surface area (Å²) in [4.78, 5) is 65.7. The summed E-state index contributed by atoms with van der Waals surface area (Å²) in [5, 5.41) is 6.37. The maximum absolute atomic E-state index is 11.2. The van der Waals surface area contributed by atoms with Crippen molar-refractivity contribution in [1.82, 2.24) is 0 Å². The van der Waals surface area contributed by atoms with E-state index in [0.29, 0.717) is 5.75 Å². The molecule has 9 N–H and O–H groups in total. The highest BCUT2D eigenvalue weighted by Gasteiger charge is 2.18. The number of hydrogen-bond donors (Lipinski definition) is 9. The molecule has 0 amide bonds. The minimum Gasteiger partial charge on any atom is -0.425 e. The molecule has 0 aliphatic rings. The predicted molar refractivity (Wildman–Crippen MR) is 291 cm³/mol. The molecule has 4 aromatic rings. The molecule has 0 spiro atoms. The number of rotatable bonds is 30. The first-order chi connectivity index (χ1) is 33.9. The standard InChI is InChI=1S/C15H26NO3P.C14H24NO4P.2C10H16NO4P/c1-4-6-12-16(13-7-5-2)14-8-10-15(11-9-14)19-20(3,17)18;1-3-5-11-15(12-6-4-2)13-7-9-14(10-8-13)19-20(16,17)18;2*1-2-3-8-11-9-4-6-10(7-5-9)15-16(12,13)14/h8-11H,4-7,12-13H2,1-3H3,(H,17,18);7-10H,3-6,11-12H2,1-2H3,(H2,16,17,18);2*4-7,11H,2-3,8H2,1H3,(H2,12,13,14). The topological polar surface area (TPSA) is 277 Å². The van der Waals surface area contributed by atoms with Crippen LogP contribution in [0.3, 0.4) is 0 Å². The van der Waals surface area contributed by atoms with Gasteiger partial charge in [0.25, 0.3) is 0 Å². The summed E-state index contributed by atoms with van der Waals surface area (Å²) in [5.74, 6) is 0.949. The average molecular weight is 1090 g/mol. The molecule has 4 aromatic carbocycles. The van der Waals surface area contributed by atoms with Crippen molar-refractivity contribution in [3.8, 4) is 23.0 Å². The van der Waals surface area contributed by atoms with E-state index in [4.69, 9.17) is 33.9 Å². The highest BCUT2D eigenvalue weighted by Crippen LogP contribution is 2.40. The molecule has 0 aliphatic heterocycles. The highest BCUT2D eigenvalue weighted by molar-refractivity contribution is 7.52. The fourth-order valence-electron chi connectivity index (χ4n) is 6.27. The van der Waals surface area contributed by atoms with E-state index in [1.807, 2.05) is 24.3 Å². The van der Waals surface area contributed by atoms with Crippen molar-refractivity contribution in [2.45, 2.75) is 119 Å². The van der Waals surface area contributed by atoms with Gasteiger partial charge >= 0.3 is 31.1 Å². The van der Waals surface area contributed by atoms with Gasteiger partial charge in [0.1, 0.15) is 23.0 Å². The molecule has 0 fully saturated rings. The van der Waals surface area contributed by atoms with Crippen molar-refractivity contribution in [2.24, 2.45) is 0 Å². The Morgan fingerprint density at radius 1 is 0.375 bits per heavy atom. The lowest BCUT2D eigenvalue weighted by Crippen LogP contribution is -2.25. The zero-order valence-corrected chi connectivity index (χ0v) is 46.6. The van der Waals surface area contributed by atoms with Crippen LogP contribution in [0.15, 0.2) is 97.1 Å². The van der Waals surface area contributed by atoms with E-state index in [0.717, 1.165) is 113 Å². The Morgan fingerprint density at radius 2 is 0.611 bits per heavy atom. The van der Waals surface area contributed by atoms with E-state index in [2.05, 4.69) is 75.5 Å². The third-order valence-electron chi connectivity index (χ3n) is 9.91. The first-order valence-corrected chi connectivity index (χ1v) is 31.2. The second kappa shape index (κ2) is 36.0. The van der Waals surface area contributed by atoms with Crippen molar-refractivity contribution in [1.29, 1.82) is 0 Å². The summed E-state index contributed by atoms with van der Waals surface area (Å²) in [5.41, 5.74) is 4.02. The average Bonchev–Trinajstić information content (AvgIpc) is 3.30. The smallest absolute Gasteiger partial charge is 0.425 e. The van der Waals surface area contributed by atoms with Gasteiger partial charge in [-0.1, -0.05) is 80.1 Å². The molecule has 19 nitrogen and oxygen atoms in total. The molecular weight excluding hydrogens is 1010 g/mol. The monoisotopic (exact) mass is 1090 g/mol. The van der Waals surface area contributed by atoms with E-state index in [-0.39, 0.29) is 17.2 Å².